The van der Waals surface area contributed by atoms with Gasteiger partial charge in [0.1, 0.15) is 5.82 Å². The lowest BCUT2D eigenvalue weighted by Gasteiger charge is -2.36. The van der Waals surface area contributed by atoms with Crippen molar-refractivity contribution in [2.45, 2.75) is 0 Å². The van der Waals surface area contributed by atoms with Gasteiger partial charge in [0.2, 0.25) is 5.89 Å². The van der Waals surface area contributed by atoms with E-state index in [2.05, 4.69) is 9.88 Å². The first kappa shape index (κ1) is 20.0. The van der Waals surface area contributed by atoms with Crippen molar-refractivity contribution >= 4 is 11.6 Å². The van der Waals surface area contributed by atoms with Gasteiger partial charge in [-0.15, -0.1) is 0 Å². The number of anilines is 1. The van der Waals surface area contributed by atoms with Gasteiger partial charge in [-0.1, -0.05) is 42.5 Å². The zero-order valence-electron chi connectivity index (χ0n) is 17.4. The van der Waals surface area contributed by atoms with E-state index in [4.69, 9.17) is 4.42 Å². The van der Waals surface area contributed by atoms with Gasteiger partial charge in [-0.2, -0.15) is 0 Å². The lowest BCUT2D eigenvalue weighted by Crippen LogP contribution is -2.48. The van der Waals surface area contributed by atoms with Gasteiger partial charge in [0.05, 0.1) is 11.8 Å². The van der Waals surface area contributed by atoms with Gasteiger partial charge in [-0.3, -0.25) is 4.79 Å². The van der Waals surface area contributed by atoms with E-state index in [0.717, 1.165) is 11.3 Å². The second kappa shape index (κ2) is 8.67. The van der Waals surface area contributed by atoms with Crippen LogP contribution in [0.3, 0.4) is 0 Å². The van der Waals surface area contributed by atoms with Gasteiger partial charge in [0, 0.05) is 43.0 Å². The monoisotopic (exact) mass is 427 g/mol. The lowest BCUT2D eigenvalue weighted by atomic mass is 10.1. The lowest BCUT2D eigenvalue weighted by molar-refractivity contribution is 0.0747. The van der Waals surface area contributed by atoms with E-state index in [1.54, 1.807) is 18.3 Å². The molecule has 5 nitrogen and oxygen atoms in total. The number of rotatable bonds is 4. The Morgan fingerprint density at radius 1 is 0.844 bits per heavy atom. The van der Waals surface area contributed by atoms with Gasteiger partial charge in [-0.05, 0) is 36.4 Å². The maximum atomic E-state index is 13.3. The summed E-state index contributed by atoms with van der Waals surface area (Å²) in [5, 5.41) is 0. The molecule has 1 fully saturated rings. The standard InChI is InChI=1S/C26H22FN3O2/c27-20-10-12-21(13-11-20)29-14-16-30(17-15-29)26(31)23-9-5-4-8-22(23)25-28-18-24(32-25)19-6-2-1-3-7-19/h1-13,18H,14-17H2. The number of oxazole rings is 1. The third-order valence-electron chi connectivity index (χ3n) is 5.71. The van der Waals surface area contributed by atoms with Crippen molar-refractivity contribution in [3.8, 4) is 22.8 Å². The van der Waals surface area contributed by atoms with Crippen LogP contribution in [0, 0.1) is 5.82 Å². The van der Waals surface area contributed by atoms with Gasteiger partial charge >= 0.3 is 0 Å². The van der Waals surface area contributed by atoms with Crippen LogP contribution in [0.1, 0.15) is 10.4 Å². The molecule has 32 heavy (non-hydrogen) atoms. The summed E-state index contributed by atoms with van der Waals surface area (Å²) >= 11 is 0. The Kier molecular flexibility index (Phi) is 5.42. The second-order valence-electron chi connectivity index (χ2n) is 7.70. The topological polar surface area (TPSA) is 49.6 Å². The van der Waals surface area contributed by atoms with E-state index in [-0.39, 0.29) is 11.7 Å². The molecule has 1 aromatic heterocycles. The molecular formula is C26H22FN3O2. The molecule has 1 saturated heterocycles. The van der Waals surface area contributed by atoms with Crippen LogP contribution in [0.5, 0.6) is 0 Å². The zero-order chi connectivity index (χ0) is 21.9. The number of amides is 1. The molecule has 6 heteroatoms. The first-order valence-electron chi connectivity index (χ1n) is 10.6. The third kappa shape index (κ3) is 3.99. The van der Waals surface area contributed by atoms with Crippen molar-refractivity contribution in [2.75, 3.05) is 31.1 Å². The molecule has 0 spiro atoms. The minimum absolute atomic E-state index is 0.0428. The van der Waals surface area contributed by atoms with Crippen LogP contribution in [0.15, 0.2) is 89.5 Å². The average Bonchev–Trinajstić information content (AvgIpc) is 3.35. The van der Waals surface area contributed by atoms with Gasteiger partial charge in [0.15, 0.2) is 5.76 Å². The number of piperazine rings is 1. The molecule has 0 bridgehead atoms. The van der Waals surface area contributed by atoms with Crippen molar-refractivity contribution in [1.29, 1.82) is 0 Å². The Balaban J connectivity index is 1.34. The summed E-state index contributed by atoms with van der Waals surface area (Å²) in [6.07, 6.45) is 1.69. The Morgan fingerprint density at radius 2 is 1.53 bits per heavy atom. The summed E-state index contributed by atoms with van der Waals surface area (Å²) in [5.74, 6) is 0.800. The quantitative estimate of drug-likeness (QED) is 0.454. The van der Waals surface area contributed by atoms with Crippen LogP contribution >= 0.6 is 0 Å². The largest absolute Gasteiger partial charge is 0.436 e. The number of nitrogens with zero attached hydrogens (tertiary/aromatic N) is 3. The van der Waals surface area contributed by atoms with E-state index < -0.39 is 0 Å². The summed E-state index contributed by atoms with van der Waals surface area (Å²) in [6, 6.07) is 23.6. The predicted molar refractivity (Wildman–Crippen MR) is 122 cm³/mol. The molecule has 5 rings (SSSR count). The molecule has 0 saturated carbocycles. The first-order valence-corrected chi connectivity index (χ1v) is 10.6. The Hall–Kier alpha value is -3.93. The molecule has 0 radical (unpaired) electrons. The van der Waals surface area contributed by atoms with Crippen molar-refractivity contribution < 1.29 is 13.6 Å². The molecule has 3 aromatic carbocycles. The summed E-state index contributed by atoms with van der Waals surface area (Å²) in [5.41, 5.74) is 3.16. The number of carbonyl (C=O) groups excluding carboxylic acids is 1. The summed E-state index contributed by atoms with van der Waals surface area (Å²) in [4.78, 5) is 21.8. The maximum Gasteiger partial charge on any atom is 0.254 e. The summed E-state index contributed by atoms with van der Waals surface area (Å²) in [7, 11) is 0. The molecule has 0 N–H and O–H groups in total. The maximum absolute atomic E-state index is 13.3. The molecule has 0 unspecified atom stereocenters. The van der Waals surface area contributed by atoms with E-state index in [1.807, 2.05) is 59.5 Å². The van der Waals surface area contributed by atoms with Crippen molar-refractivity contribution in [3.05, 3.63) is 96.4 Å². The molecule has 1 aliphatic rings. The van der Waals surface area contributed by atoms with Gasteiger partial charge in [0.25, 0.3) is 5.91 Å². The summed E-state index contributed by atoms with van der Waals surface area (Å²) in [6.45, 7) is 2.56. The fourth-order valence-corrected chi connectivity index (χ4v) is 3.98. The van der Waals surface area contributed by atoms with Crippen molar-refractivity contribution in [1.82, 2.24) is 9.88 Å². The van der Waals surface area contributed by atoms with Crippen LogP contribution < -0.4 is 4.90 Å². The first-order chi connectivity index (χ1) is 15.7. The van der Waals surface area contributed by atoms with Crippen molar-refractivity contribution in [3.63, 3.8) is 0 Å². The van der Waals surface area contributed by atoms with E-state index in [0.29, 0.717) is 49.0 Å². The van der Waals surface area contributed by atoms with Crippen LogP contribution in [0.2, 0.25) is 0 Å². The highest BCUT2D eigenvalue weighted by atomic mass is 19.1. The minimum Gasteiger partial charge on any atom is -0.436 e. The number of benzene rings is 3. The number of hydrogen-bond donors (Lipinski definition) is 0. The minimum atomic E-state index is -0.249. The smallest absolute Gasteiger partial charge is 0.254 e. The Morgan fingerprint density at radius 3 is 2.28 bits per heavy atom. The van der Waals surface area contributed by atoms with Crippen LogP contribution in [0.4, 0.5) is 10.1 Å². The zero-order valence-corrected chi connectivity index (χ0v) is 17.4. The molecule has 1 aliphatic heterocycles. The fraction of sp³-hybridized carbons (Fsp3) is 0.154. The van der Waals surface area contributed by atoms with Crippen LogP contribution in [0.25, 0.3) is 22.8 Å². The summed E-state index contributed by atoms with van der Waals surface area (Å²) < 4.78 is 19.2. The molecular weight excluding hydrogens is 405 g/mol. The normalized spacial score (nSPS) is 13.9. The van der Waals surface area contributed by atoms with Gasteiger partial charge in [-0.25, -0.2) is 9.37 Å². The number of hydrogen-bond acceptors (Lipinski definition) is 4. The predicted octanol–water partition coefficient (Wildman–Crippen LogP) is 5.11. The van der Waals surface area contributed by atoms with E-state index >= 15 is 0 Å². The highest BCUT2D eigenvalue weighted by molar-refractivity contribution is 6.00. The number of carbonyl (C=O) groups is 1. The second-order valence-corrected chi connectivity index (χ2v) is 7.70. The molecule has 0 atom stereocenters. The molecule has 160 valence electrons. The molecule has 0 aliphatic carbocycles. The van der Waals surface area contributed by atoms with E-state index in [1.165, 1.54) is 12.1 Å². The SMILES string of the molecule is O=C(c1ccccc1-c1ncc(-c2ccccc2)o1)N1CCN(c2ccc(F)cc2)CC1. The average molecular weight is 427 g/mol. The number of aromatic nitrogens is 1. The molecule has 2 heterocycles. The Labute approximate surface area is 185 Å². The van der Waals surface area contributed by atoms with Crippen molar-refractivity contribution in [2.24, 2.45) is 0 Å². The Bertz CT molecular complexity index is 1210. The molecule has 4 aromatic rings. The van der Waals surface area contributed by atoms with E-state index in [9.17, 15) is 9.18 Å². The van der Waals surface area contributed by atoms with Crippen LogP contribution in [-0.2, 0) is 0 Å². The highest BCUT2D eigenvalue weighted by Gasteiger charge is 2.25. The number of halogens is 1. The van der Waals surface area contributed by atoms with Crippen LogP contribution in [-0.4, -0.2) is 42.0 Å². The third-order valence-corrected chi connectivity index (χ3v) is 5.71. The highest BCUT2D eigenvalue weighted by Crippen LogP contribution is 2.29. The molecule has 1 amide bonds. The fourth-order valence-electron chi connectivity index (χ4n) is 3.98. The van der Waals surface area contributed by atoms with Gasteiger partial charge < -0.3 is 14.2 Å².